The van der Waals surface area contributed by atoms with Gasteiger partial charge >= 0.3 is 0 Å². The number of halogens is 1. The van der Waals surface area contributed by atoms with Gasteiger partial charge in [-0.25, -0.2) is 24.3 Å². The van der Waals surface area contributed by atoms with E-state index in [2.05, 4.69) is 34.0 Å². The Bertz CT molecular complexity index is 1380. The summed E-state index contributed by atoms with van der Waals surface area (Å²) in [5, 5.41) is 0. The van der Waals surface area contributed by atoms with Crippen LogP contribution in [0.5, 0.6) is 0 Å². The molecule has 5 aromatic rings. The molecule has 0 atom stereocenters. The summed E-state index contributed by atoms with van der Waals surface area (Å²) in [5.74, 6) is 0.428. The molecule has 2 N–H and O–H groups in total. The third-order valence-corrected chi connectivity index (χ3v) is 5.04. The molecule has 1 aromatic carbocycles. The van der Waals surface area contributed by atoms with Crippen LogP contribution in [0, 0.1) is 5.82 Å². The minimum Gasteiger partial charge on any atom is -0.382 e. The van der Waals surface area contributed by atoms with Crippen molar-refractivity contribution in [2.75, 3.05) is 5.73 Å². The van der Waals surface area contributed by atoms with Gasteiger partial charge in [0.1, 0.15) is 17.0 Å². The van der Waals surface area contributed by atoms with E-state index >= 15 is 0 Å². The smallest absolute Gasteiger partial charge is 0.169 e. The van der Waals surface area contributed by atoms with Crippen molar-refractivity contribution in [2.45, 2.75) is 13.3 Å². The maximum atomic E-state index is 13.3. The maximum Gasteiger partial charge on any atom is 0.169 e. The molecule has 0 bridgehead atoms. The van der Waals surface area contributed by atoms with E-state index in [0.717, 1.165) is 12.1 Å². The zero-order valence-corrected chi connectivity index (χ0v) is 16.7. The number of rotatable bonds is 4. The fraction of sp³-hybridized carbons (Fsp3) is 0.0870. The van der Waals surface area contributed by atoms with Gasteiger partial charge in [0.25, 0.3) is 0 Å². The highest BCUT2D eigenvalue weighted by atomic mass is 19.1. The van der Waals surface area contributed by atoms with Crippen LogP contribution in [0.25, 0.3) is 39.8 Å². The average molecular weight is 411 g/mol. The molecule has 31 heavy (non-hydrogen) atoms. The molecule has 7 nitrogen and oxygen atoms in total. The molecule has 152 valence electrons. The molecule has 0 saturated heterocycles. The van der Waals surface area contributed by atoms with E-state index in [4.69, 9.17) is 15.7 Å². The Balaban J connectivity index is 1.77. The molecule has 0 amide bonds. The number of benzene rings is 1. The number of nitrogens with zero attached hydrogens (tertiary/aromatic N) is 6. The van der Waals surface area contributed by atoms with E-state index in [1.54, 1.807) is 18.5 Å². The first-order chi connectivity index (χ1) is 15.1. The van der Waals surface area contributed by atoms with Crippen LogP contribution in [-0.4, -0.2) is 29.5 Å². The van der Waals surface area contributed by atoms with E-state index in [1.165, 1.54) is 17.8 Å². The van der Waals surface area contributed by atoms with Crippen LogP contribution in [-0.2, 0) is 6.42 Å². The van der Waals surface area contributed by atoms with Gasteiger partial charge in [-0.1, -0.05) is 19.1 Å². The van der Waals surface area contributed by atoms with Gasteiger partial charge < -0.3 is 5.73 Å². The van der Waals surface area contributed by atoms with Crippen LogP contribution in [0.4, 0.5) is 10.2 Å². The molecule has 4 heterocycles. The number of nitrogen functional groups attached to an aromatic ring is 1. The Kier molecular flexibility index (Phi) is 4.59. The number of aromatic nitrogens is 6. The first-order valence-electron chi connectivity index (χ1n) is 9.81. The van der Waals surface area contributed by atoms with Gasteiger partial charge in [-0.05, 0) is 48.4 Å². The fourth-order valence-electron chi connectivity index (χ4n) is 3.43. The van der Waals surface area contributed by atoms with Gasteiger partial charge in [0, 0.05) is 18.1 Å². The summed E-state index contributed by atoms with van der Waals surface area (Å²) in [7, 11) is 0. The number of aryl methyl sites for hydroxylation is 1. The lowest BCUT2D eigenvalue weighted by molar-refractivity contribution is 0.622. The normalized spacial score (nSPS) is 11.2. The summed E-state index contributed by atoms with van der Waals surface area (Å²) in [6.45, 7) is 2.11. The molecule has 0 unspecified atom stereocenters. The minimum absolute atomic E-state index is 0.282. The van der Waals surface area contributed by atoms with E-state index in [1.807, 2.05) is 28.8 Å². The molecule has 0 radical (unpaired) electrons. The number of anilines is 1. The summed E-state index contributed by atoms with van der Waals surface area (Å²) in [6.07, 6.45) is 5.23. The average Bonchev–Trinajstić information content (AvgIpc) is 3.18. The highest BCUT2D eigenvalue weighted by molar-refractivity contribution is 5.83. The van der Waals surface area contributed by atoms with Gasteiger partial charge in [0.15, 0.2) is 17.3 Å². The predicted molar refractivity (Wildman–Crippen MR) is 117 cm³/mol. The predicted octanol–water partition coefficient (Wildman–Crippen LogP) is 4.22. The zero-order chi connectivity index (χ0) is 21.4. The molecule has 5 rings (SSSR count). The fourth-order valence-corrected chi connectivity index (χ4v) is 3.43. The van der Waals surface area contributed by atoms with Crippen LogP contribution >= 0.6 is 0 Å². The first kappa shape index (κ1) is 18.8. The molecule has 0 aliphatic rings. The molecule has 0 spiro atoms. The lowest BCUT2D eigenvalue weighted by Gasteiger charge is -2.10. The van der Waals surface area contributed by atoms with Crippen LogP contribution in [0.15, 0.2) is 67.1 Å². The molecule has 8 heteroatoms. The van der Waals surface area contributed by atoms with Crippen molar-refractivity contribution in [3.63, 3.8) is 0 Å². The first-order valence-corrected chi connectivity index (χ1v) is 9.81. The highest BCUT2D eigenvalue weighted by Crippen LogP contribution is 2.30. The van der Waals surface area contributed by atoms with Crippen molar-refractivity contribution < 1.29 is 4.39 Å². The summed E-state index contributed by atoms with van der Waals surface area (Å²) in [5.41, 5.74) is 11.1. The van der Waals surface area contributed by atoms with E-state index < -0.39 is 5.82 Å². The second-order valence-electron chi connectivity index (χ2n) is 6.98. The van der Waals surface area contributed by atoms with Crippen molar-refractivity contribution in [1.82, 2.24) is 29.5 Å². The molecule has 0 aliphatic carbocycles. The quantitative estimate of drug-likeness (QED) is 0.476. The van der Waals surface area contributed by atoms with Crippen LogP contribution < -0.4 is 5.73 Å². The minimum atomic E-state index is -0.397. The Labute approximate surface area is 177 Å². The number of pyridine rings is 2. The highest BCUT2D eigenvalue weighted by Gasteiger charge is 2.19. The maximum absolute atomic E-state index is 13.3. The molecule has 0 aliphatic heterocycles. The van der Waals surface area contributed by atoms with Gasteiger partial charge in [-0.15, -0.1) is 0 Å². The third kappa shape index (κ3) is 3.38. The molecule has 0 fully saturated rings. The molecule has 0 saturated carbocycles. The number of fused-ring (bicyclic) bond motifs is 1. The van der Waals surface area contributed by atoms with E-state index in [0.29, 0.717) is 34.1 Å². The topological polar surface area (TPSA) is 95.4 Å². The standard InChI is InChI=1S/C23H18FN7/c1-2-14-3-6-16(7-4-14)31-22-19(30-23(31)20-21(25)27-12-11-26-20)10-9-18(29-22)17-8-5-15(24)13-28-17/h3-13H,2H2,1H3,(H2,25,27). The van der Waals surface area contributed by atoms with Gasteiger partial charge in [-0.3, -0.25) is 9.55 Å². The summed E-state index contributed by atoms with van der Waals surface area (Å²) in [4.78, 5) is 22.3. The number of hydrogen-bond donors (Lipinski definition) is 1. The van der Waals surface area contributed by atoms with Crippen molar-refractivity contribution in [3.8, 4) is 28.6 Å². The van der Waals surface area contributed by atoms with Crippen molar-refractivity contribution in [2.24, 2.45) is 0 Å². The lowest BCUT2D eigenvalue weighted by Crippen LogP contribution is -2.04. The second-order valence-corrected chi connectivity index (χ2v) is 6.98. The van der Waals surface area contributed by atoms with Gasteiger partial charge in [0.05, 0.1) is 17.6 Å². The van der Waals surface area contributed by atoms with E-state index in [9.17, 15) is 4.39 Å². The summed E-state index contributed by atoms with van der Waals surface area (Å²) in [6, 6.07) is 14.8. The molecular weight excluding hydrogens is 393 g/mol. The van der Waals surface area contributed by atoms with Crippen molar-refractivity contribution in [3.05, 3.63) is 78.5 Å². The van der Waals surface area contributed by atoms with Crippen LogP contribution in [0.3, 0.4) is 0 Å². The number of imidazole rings is 1. The zero-order valence-electron chi connectivity index (χ0n) is 16.7. The largest absolute Gasteiger partial charge is 0.382 e. The summed E-state index contributed by atoms with van der Waals surface area (Å²) >= 11 is 0. The monoisotopic (exact) mass is 411 g/mol. The van der Waals surface area contributed by atoms with Crippen molar-refractivity contribution >= 4 is 17.0 Å². The number of hydrogen-bond acceptors (Lipinski definition) is 6. The SMILES string of the molecule is CCc1ccc(-n2c(-c3nccnc3N)nc3ccc(-c4ccc(F)cn4)nc32)cc1. The second kappa shape index (κ2) is 7.56. The van der Waals surface area contributed by atoms with E-state index in [-0.39, 0.29) is 5.82 Å². The van der Waals surface area contributed by atoms with Crippen molar-refractivity contribution in [1.29, 1.82) is 0 Å². The lowest BCUT2D eigenvalue weighted by atomic mass is 10.1. The van der Waals surface area contributed by atoms with Gasteiger partial charge in [-0.2, -0.15) is 0 Å². The Morgan fingerprint density at radius 3 is 2.35 bits per heavy atom. The Morgan fingerprint density at radius 1 is 0.871 bits per heavy atom. The molecule has 4 aromatic heterocycles. The molecular formula is C23H18FN7. The van der Waals surface area contributed by atoms with Crippen LogP contribution in [0.2, 0.25) is 0 Å². The summed E-state index contributed by atoms with van der Waals surface area (Å²) < 4.78 is 15.2. The Hall–Kier alpha value is -4.20. The Morgan fingerprint density at radius 2 is 1.65 bits per heavy atom. The van der Waals surface area contributed by atoms with Gasteiger partial charge in [0.2, 0.25) is 0 Å². The number of nitrogens with two attached hydrogens (primary N) is 1. The van der Waals surface area contributed by atoms with Crippen LogP contribution in [0.1, 0.15) is 12.5 Å². The third-order valence-electron chi connectivity index (χ3n) is 5.04.